The van der Waals surface area contributed by atoms with Crippen molar-refractivity contribution in [2.75, 3.05) is 0 Å². The molecule has 0 unspecified atom stereocenters. The van der Waals surface area contributed by atoms with Crippen LogP contribution in [0.4, 0.5) is 0 Å². The molecule has 0 saturated heterocycles. The SMILES string of the molecule is CCc1[nH]n(-c2nc(C)cc(C)n2)c(=O)c1C. The fraction of sp³-hybridized carbons (Fsp3) is 0.417. The maximum Gasteiger partial charge on any atom is 0.277 e. The van der Waals surface area contributed by atoms with Gasteiger partial charge in [0.25, 0.3) is 11.5 Å². The van der Waals surface area contributed by atoms with E-state index in [9.17, 15) is 4.79 Å². The molecule has 0 aliphatic carbocycles. The molecule has 2 aromatic heterocycles. The second-order valence-electron chi connectivity index (χ2n) is 4.16. The van der Waals surface area contributed by atoms with Gasteiger partial charge in [-0.15, -0.1) is 0 Å². The number of aromatic nitrogens is 4. The lowest BCUT2D eigenvalue weighted by molar-refractivity contribution is 0.754. The minimum atomic E-state index is -0.0770. The molecule has 0 bridgehead atoms. The number of H-pyrrole nitrogens is 1. The first-order valence-corrected chi connectivity index (χ1v) is 5.66. The van der Waals surface area contributed by atoms with Crippen molar-refractivity contribution in [1.29, 1.82) is 0 Å². The number of aromatic amines is 1. The molecule has 0 aliphatic heterocycles. The summed E-state index contributed by atoms with van der Waals surface area (Å²) >= 11 is 0. The molecule has 5 nitrogen and oxygen atoms in total. The summed E-state index contributed by atoms with van der Waals surface area (Å²) in [6.07, 6.45) is 0.791. The molecular weight excluding hydrogens is 216 g/mol. The van der Waals surface area contributed by atoms with Crippen LogP contribution in [-0.2, 0) is 6.42 Å². The Labute approximate surface area is 99.5 Å². The molecule has 5 heteroatoms. The first kappa shape index (κ1) is 11.6. The summed E-state index contributed by atoms with van der Waals surface area (Å²) in [5, 5.41) is 3.05. The van der Waals surface area contributed by atoms with Gasteiger partial charge in [0.15, 0.2) is 0 Å². The van der Waals surface area contributed by atoms with E-state index in [2.05, 4.69) is 15.1 Å². The van der Waals surface area contributed by atoms with Crippen molar-refractivity contribution < 1.29 is 0 Å². The van der Waals surface area contributed by atoms with Gasteiger partial charge in [-0.3, -0.25) is 9.89 Å². The minimum absolute atomic E-state index is 0.0770. The standard InChI is InChI=1S/C12H16N4O/c1-5-10-9(4)11(17)16(15-10)12-13-7(2)6-8(3)14-12/h6,15H,5H2,1-4H3. The summed E-state index contributed by atoms with van der Waals surface area (Å²) in [5.74, 6) is 0.412. The van der Waals surface area contributed by atoms with Gasteiger partial charge in [0.1, 0.15) is 0 Å². The van der Waals surface area contributed by atoms with Crippen LogP contribution in [0.15, 0.2) is 10.9 Å². The van der Waals surface area contributed by atoms with Gasteiger partial charge in [0.05, 0.1) is 0 Å². The van der Waals surface area contributed by atoms with Crippen LogP contribution in [0.2, 0.25) is 0 Å². The highest BCUT2D eigenvalue weighted by Gasteiger charge is 2.12. The first-order valence-electron chi connectivity index (χ1n) is 5.66. The van der Waals surface area contributed by atoms with Gasteiger partial charge in [0.2, 0.25) is 0 Å². The molecule has 0 aromatic carbocycles. The number of rotatable bonds is 2. The molecule has 0 aliphatic rings. The zero-order valence-electron chi connectivity index (χ0n) is 10.5. The summed E-state index contributed by atoms with van der Waals surface area (Å²) in [5.41, 5.74) is 3.29. The third-order valence-corrected chi connectivity index (χ3v) is 2.75. The average molecular weight is 232 g/mol. The second kappa shape index (κ2) is 4.16. The van der Waals surface area contributed by atoms with Crippen molar-refractivity contribution in [2.24, 2.45) is 0 Å². The van der Waals surface area contributed by atoms with Gasteiger partial charge >= 0.3 is 0 Å². The maximum atomic E-state index is 12.0. The Morgan fingerprint density at radius 3 is 2.29 bits per heavy atom. The van der Waals surface area contributed by atoms with Crippen molar-refractivity contribution in [2.45, 2.75) is 34.1 Å². The highest BCUT2D eigenvalue weighted by Crippen LogP contribution is 2.05. The summed E-state index contributed by atoms with van der Waals surface area (Å²) < 4.78 is 1.41. The van der Waals surface area contributed by atoms with Crippen LogP contribution in [0.5, 0.6) is 0 Å². The third kappa shape index (κ3) is 2.00. The average Bonchev–Trinajstić information content (AvgIpc) is 2.54. The van der Waals surface area contributed by atoms with Gasteiger partial charge < -0.3 is 0 Å². The Balaban J connectivity index is 2.64. The molecule has 0 atom stereocenters. The van der Waals surface area contributed by atoms with E-state index in [1.807, 2.05) is 33.8 Å². The molecule has 90 valence electrons. The number of hydrogen-bond donors (Lipinski definition) is 1. The molecule has 1 N–H and O–H groups in total. The zero-order chi connectivity index (χ0) is 12.6. The predicted molar refractivity (Wildman–Crippen MR) is 65.6 cm³/mol. The monoisotopic (exact) mass is 232 g/mol. The predicted octanol–water partition coefficient (Wildman–Crippen LogP) is 1.44. The molecule has 0 saturated carbocycles. The van der Waals surface area contributed by atoms with Crippen molar-refractivity contribution in [3.8, 4) is 5.95 Å². The normalized spacial score (nSPS) is 10.8. The summed E-state index contributed by atoms with van der Waals surface area (Å²) in [4.78, 5) is 20.6. The van der Waals surface area contributed by atoms with Crippen LogP contribution in [-0.4, -0.2) is 19.7 Å². The van der Waals surface area contributed by atoms with Crippen molar-refractivity contribution in [1.82, 2.24) is 19.7 Å². The largest absolute Gasteiger partial charge is 0.292 e. The van der Waals surface area contributed by atoms with Crippen molar-refractivity contribution >= 4 is 0 Å². The molecule has 0 radical (unpaired) electrons. The number of aryl methyl sites for hydroxylation is 3. The lowest BCUT2D eigenvalue weighted by atomic mass is 10.2. The van der Waals surface area contributed by atoms with Crippen molar-refractivity contribution in [3.05, 3.63) is 39.1 Å². The Morgan fingerprint density at radius 2 is 1.82 bits per heavy atom. The zero-order valence-corrected chi connectivity index (χ0v) is 10.5. The quantitative estimate of drug-likeness (QED) is 0.852. The van der Waals surface area contributed by atoms with Crippen LogP contribution in [0.1, 0.15) is 29.6 Å². The van der Waals surface area contributed by atoms with E-state index >= 15 is 0 Å². The molecule has 2 heterocycles. The van der Waals surface area contributed by atoms with E-state index in [1.54, 1.807) is 0 Å². The van der Waals surface area contributed by atoms with Gasteiger partial charge in [-0.2, -0.15) is 4.68 Å². The lowest BCUT2D eigenvalue weighted by Gasteiger charge is -2.02. The Morgan fingerprint density at radius 1 is 1.24 bits per heavy atom. The highest BCUT2D eigenvalue weighted by molar-refractivity contribution is 5.23. The van der Waals surface area contributed by atoms with Crippen LogP contribution in [0, 0.1) is 20.8 Å². The molecule has 2 aromatic rings. The first-order chi connectivity index (χ1) is 8.02. The maximum absolute atomic E-state index is 12.0. The van der Waals surface area contributed by atoms with Gasteiger partial charge in [0, 0.05) is 22.6 Å². The number of hydrogen-bond acceptors (Lipinski definition) is 3. The molecule has 0 spiro atoms. The fourth-order valence-corrected chi connectivity index (χ4v) is 1.86. The molecule has 0 amide bonds. The van der Waals surface area contributed by atoms with Crippen LogP contribution >= 0.6 is 0 Å². The van der Waals surface area contributed by atoms with Crippen LogP contribution in [0.3, 0.4) is 0 Å². The molecule has 2 rings (SSSR count). The van der Waals surface area contributed by atoms with E-state index < -0.39 is 0 Å². The topological polar surface area (TPSA) is 63.6 Å². The lowest BCUT2D eigenvalue weighted by Crippen LogP contribution is -2.19. The van der Waals surface area contributed by atoms with E-state index in [4.69, 9.17) is 0 Å². The Kier molecular flexibility index (Phi) is 2.83. The van der Waals surface area contributed by atoms with Gasteiger partial charge in [-0.1, -0.05) is 6.92 Å². The number of nitrogens with zero attached hydrogens (tertiary/aromatic N) is 3. The van der Waals surface area contributed by atoms with E-state index in [-0.39, 0.29) is 5.56 Å². The Hall–Kier alpha value is -1.91. The smallest absolute Gasteiger partial charge is 0.277 e. The third-order valence-electron chi connectivity index (χ3n) is 2.75. The van der Waals surface area contributed by atoms with Gasteiger partial charge in [-0.05, 0) is 33.3 Å². The molecule has 0 fully saturated rings. The fourth-order valence-electron chi connectivity index (χ4n) is 1.86. The van der Waals surface area contributed by atoms with E-state index in [0.717, 1.165) is 29.1 Å². The highest BCUT2D eigenvalue weighted by atomic mass is 16.1. The minimum Gasteiger partial charge on any atom is -0.292 e. The Bertz CT molecular complexity index is 589. The second-order valence-corrected chi connectivity index (χ2v) is 4.16. The molecule has 17 heavy (non-hydrogen) atoms. The van der Waals surface area contributed by atoms with Crippen molar-refractivity contribution in [3.63, 3.8) is 0 Å². The summed E-state index contributed by atoms with van der Waals surface area (Å²) in [7, 11) is 0. The molecular formula is C12H16N4O. The van der Waals surface area contributed by atoms with Crippen LogP contribution < -0.4 is 5.56 Å². The van der Waals surface area contributed by atoms with Gasteiger partial charge in [-0.25, -0.2) is 9.97 Å². The number of nitrogens with one attached hydrogen (secondary N) is 1. The van der Waals surface area contributed by atoms with E-state index in [1.165, 1.54) is 4.68 Å². The van der Waals surface area contributed by atoms with E-state index in [0.29, 0.717) is 5.95 Å². The summed E-state index contributed by atoms with van der Waals surface area (Å²) in [6, 6.07) is 1.88. The summed E-state index contributed by atoms with van der Waals surface area (Å²) in [6.45, 7) is 7.60. The van der Waals surface area contributed by atoms with Crippen LogP contribution in [0.25, 0.3) is 5.95 Å².